The number of hydrogen-bond acceptors (Lipinski definition) is 5. The van der Waals surface area contributed by atoms with Crippen LogP contribution in [0, 0.1) is 0 Å². The van der Waals surface area contributed by atoms with E-state index in [9.17, 15) is 9.59 Å². The van der Waals surface area contributed by atoms with Crippen molar-refractivity contribution in [2.75, 3.05) is 6.61 Å². The molecule has 6 nitrogen and oxygen atoms in total. The zero-order valence-electron chi connectivity index (χ0n) is 10.9. The van der Waals surface area contributed by atoms with Gasteiger partial charge in [-0.2, -0.15) is 0 Å². The minimum Gasteiger partial charge on any atom is -0.464 e. The molecule has 1 unspecified atom stereocenters. The molecule has 19 heavy (non-hydrogen) atoms. The van der Waals surface area contributed by atoms with Crippen molar-refractivity contribution < 1.29 is 29.3 Å². The third-order valence-corrected chi connectivity index (χ3v) is 1.83. The molecule has 0 aromatic heterocycles. The number of aliphatic hydroxyl groups is 1. The zero-order valence-corrected chi connectivity index (χ0v) is 10.9. The van der Waals surface area contributed by atoms with Gasteiger partial charge < -0.3 is 19.7 Å². The molecule has 0 saturated carbocycles. The van der Waals surface area contributed by atoms with Crippen molar-refractivity contribution in [3.63, 3.8) is 0 Å². The van der Waals surface area contributed by atoms with Gasteiger partial charge in [0, 0.05) is 0 Å². The molecule has 0 spiro atoms. The van der Waals surface area contributed by atoms with Gasteiger partial charge in [-0.3, -0.25) is 0 Å². The van der Waals surface area contributed by atoms with E-state index in [0.717, 1.165) is 5.56 Å². The number of ether oxygens (including phenoxy) is 2. The standard InChI is InChI=1S/C8H8O3.C5H10O3/c9-8(10)11-6-7-4-2-1-3-5-7;1-3-8-5(7)4(2)6/h1-5H,6H2,(H,9,10);4,6H,3H2,1-2H3. The fraction of sp³-hybridized carbons (Fsp3) is 0.385. The minimum absolute atomic E-state index is 0.121. The maximum Gasteiger partial charge on any atom is 0.506 e. The van der Waals surface area contributed by atoms with Crippen LogP contribution in [0.1, 0.15) is 19.4 Å². The van der Waals surface area contributed by atoms with Crippen LogP contribution in [-0.2, 0) is 20.9 Å². The van der Waals surface area contributed by atoms with Crippen molar-refractivity contribution in [3.05, 3.63) is 35.9 Å². The Morgan fingerprint density at radius 2 is 1.79 bits per heavy atom. The molecular weight excluding hydrogens is 252 g/mol. The quantitative estimate of drug-likeness (QED) is 0.810. The summed E-state index contributed by atoms with van der Waals surface area (Å²) in [6.07, 6.45) is -2.23. The molecule has 0 aliphatic rings. The van der Waals surface area contributed by atoms with Crippen LogP contribution in [0.4, 0.5) is 4.79 Å². The molecule has 1 atom stereocenters. The molecular formula is C13H18O6. The predicted octanol–water partition coefficient (Wildman–Crippen LogP) is 1.81. The smallest absolute Gasteiger partial charge is 0.464 e. The van der Waals surface area contributed by atoms with Gasteiger partial charge in [-0.15, -0.1) is 0 Å². The Hall–Kier alpha value is -2.08. The third kappa shape index (κ3) is 9.61. The predicted molar refractivity (Wildman–Crippen MR) is 67.6 cm³/mol. The molecule has 0 saturated heterocycles. The summed E-state index contributed by atoms with van der Waals surface area (Å²) < 4.78 is 8.76. The van der Waals surface area contributed by atoms with Gasteiger partial charge >= 0.3 is 12.1 Å². The Morgan fingerprint density at radius 1 is 1.21 bits per heavy atom. The highest BCUT2D eigenvalue weighted by Gasteiger charge is 2.07. The fourth-order valence-corrected chi connectivity index (χ4v) is 0.982. The molecule has 0 heterocycles. The van der Waals surface area contributed by atoms with Crippen LogP contribution in [0.5, 0.6) is 0 Å². The van der Waals surface area contributed by atoms with Crippen molar-refractivity contribution in [2.45, 2.75) is 26.6 Å². The van der Waals surface area contributed by atoms with Crippen LogP contribution in [0.3, 0.4) is 0 Å². The van der Waals surface area contributed by atoms with Crippen molar-refractivity contribution in [3.8, 4) is 0 Å². The highest BCUT2D eigenvalue weighted by atomic mass is 16.7. The minimum atomic E-state index is -1.24. The number of carboxylic acid groups (broad SMARTS) is 1. The highest BCUT2D eigenvalue weighted by Crippen LogP contribution is 1.99. The van der Waals surface area contributed by atoms with Crippen LogP contribution in [0.15, 0.2) is 30.3 Å². The third-order valence-electron chi connectivity index (χ3n) is 1.83. The van der Waals surface area contributed by atoms with E-state index in [1.165, 1.54) is 6.92 Å². The van der Waals surface area contributed by atoms with Gasteiger partial charge in [0.05, 0.1) is 6.61 Å². The Balaban J connectivity index is 0.000000362. The fourth-order valence-electron chi connectivity index (χ4n) is 0.982. The first kappa shape index (κ1) is 16.9. The summed E-state index contributed by atoms with van der Waals surface area (Å²) >= 11 is 0. The SMILES string of the molecule is CCOC(=O)C(C)O.O=C(O)OCc1ccccc1. The van der Waals surface area contributed by atoms with Gasteiger partial charge in [-0.1, -0.05) is 30.3 Å². The van der Waals surface area contributed by atoms with E-state index in [4.69, 9.17) is 10.2 Å². The van der Waals surface area contributed by atoms with Crippen molar-refractivity contribution in [2.24, 2.45) is 0 Å². The maximum atomic E-state index is 10.3. The molecule has 0 aliphatic carbocycles. The van der Waals surface area contributed by atoms with Gasteiger partial charge in [0.1, 0.15) is 12.7 Å². The van der Waals surface area contributed by atoms with E-state index in [0.29, 0.717) is 6.61 Å². The van der Waals surface area contributed by atoms with E-state index < -0.39 is 18.2 Å². The second-order valence-corrected chi connectivity index (χ2v) is 3.47. The topological polar surface area (TPSA) is 93.1 Å². The number of carbonyl (C=O) groups excluding carboxylic acids is 1. The van der Waals surface area contributed by atoms with Crippen molar-refractivity contribution in [1.29, 1.82) is 0 Å². The van der Waals surface area contributed by atoms with E-state index in [-0.39, 0.29) is 6.61 Å². The Morgan fingerprint density at radius 3 is 2.16 bits per heavy atom. The molecule has 0 bridgehead atoms. The summed E-state index contributed by atoms with van der Waals surface area (Å²) in [6.45, 7) is 3.51. The van der Waals surface area contributed by atoms with Crippen LogP contribution in [0.2, 0.25) is 0 Å². The van der Waals surface area contributed by atoms with E-state index in [1.807, 2.05) is 30.3 Å². The first-order chi connectivity index (χ1) is 8.97. The zero-order chi connectivity index (χ0) is 14.7. The maximum absolute atomic E-state index is 10.3. The number of esters is 1. The van der Waals surface area contributed by atoms with Crippen molar-refractivity contribution in [1.82, 2.24) is 0 Å². The summed E-state index contributed by atoms with van der Waals surface area (Å²) in [4.78, 5) is 20.2. The number of hydrogen-bond donors (Lipinski definition) is 2. The second kappa shape index (κ2) is 9.90. The normalized spacial score (nSPS) is 10.7. The van der Waals surface area contributed by atoms with Gasteiger partial charge in [-0.25, -0.2) is 9.59 Å². The average molecular weight is 270 g/mol. The average Bonchev–Trinajstić information content (AvgIpc) is 2.38. The van der Waals surface area contributed by atoms with E-state index in [1.54, 1.807) is 6.92 Å². The monoisotopic (exact) mass is 270 g/mol. The Bertz CT molecular complexity index is 374. The van der Waals surface area contributed by atoms with Crippen LogP contribution < -0.4 is 0 Å². The lowest BCUT2D eigenvalue weighted by atomic mass is 10.2. The molecule has 2 N–H and O–H groups in total. The van der Waals surface area contributed by atoms with Crippen LogP contribution in [0.25, 0.3) is 0 Å². The molecule has 1 rings (SSSR count). The summed E-state index contributed by atoms with van der Waals surface area (Å²) in [5.74, 6) is -0.562. The molecule has 1 aromatic rings. The number of rotatable bonds is 4. The van der Waals surface area contributed by atoms with Crippen molar-refractivity contribution >= 4 is 12.1 Å². The number of aliphatic hydroxyl groups excluding tert-OH is 1. The van der Waals surface area contributed by atoms with Crippen LogP contribution in [-0.4, -0.2) is 35.0 Å². The lowest BCUT2D eigenvalue weighted by molar-refractivity contribution is -0.151. The Labute approximate surface area is 111 Å². The molecule has 1 aromatic carbocycles. The highest BCUT2D eigenvalue weighted by molar-refractivity contribution is 5.73. The largest absolute Gasteiger partial charge is 0.506 e. The molecule has 0 fully saturated rings. The molecule has 6 heteroatoms. The van der Waals surface area contributed by atoms with Gasteiger partial charge in [-0.05, 0) is 19.4 Å². The second-order valence-electron chi connectivity index (χ2n) is 3.47. The van der Waals surface area contributed by atoms with E-state index >= 15 is 0 Å². The molecule has 106 valence electrons. The van der Waals surface area contributed by atoms with Gasteiger partial charge in [0.25, 0.3) is 0 Å². The number of carbonyl (C=O) groups is 2. The van der Waals surface area contributed by atoms with Gasteiger partial charge in [0.15, 0.2) is 0 Å². The van der Waals surface area contributed by atoms with E-state index in [2.05, 4.69) is 9.47 Å². The summed E-state index contributed by atoms with van der Waals surface area (Å²) in [6, 6.07) is 9.15. The van der Waals surface area contributed by atoms with Crippen LogP contribution >= 0.6 is 0 Å². The first-order valence-electron chi connectivity index (χ1n) is 5.71. The Kier molecular flexibility index (Phi) is 8.82. The summed E-state index contributed by atoms with van der Waals surface area (Å²) in [7, 11) is 0. The lowest BCUT2D eigenvalue weighted by Gasteiger charge is -2.01. The molecule has 0 radical (unpaired) electrons. The summed E-state index contributed by atoms with van der Waals surface area (Å²) in [5, 5.41) is 16.6. The molecule has 0 amide bonds. The first-order valence-corrected chi connectivity index (χ1v) is 5.71. The lowest BCUT2D eigenvalue weighted by Crippen LogP contribution is -2.18. The molecule has 0 aliphatic heterocycles. The number of benzene rings is 1. The summed E-state index contributed by atoms with van der Waals surface area (Å²) in [5.41, 5.74) is 0.856. The van der Waals surface area contributed by atoms with Gasteiger partial charge in [0.2, 0.25) is 0 Å².